The van der Waals surface area contributed by atoms with Crippen molar-refractivity contribution in [3.63, 3.8) is 0 Å². The molecule has 1 amide bonds. The fourth-order valence-electron chi connectivity index (χ4n) is 2.18. The third kappa shape index (κ3) is 2.65. The van der Waals surface area contributed by atoms with Crippen molar-refractivity contribution < 1.29 is 4.79 Å². The molecule has 110 valence electrons. The van der Waals surface area contributed by atoms with Crippen LogP contribution in [0.5, 0.6) is 0 Å². The lowest BCUT2D eigenvalue weighted by atomic mass is 10.1. The first-order chi connectivity index (χ1) is 10.5. The second kappa shape index (κ2) is 5.52. The number of aryl methyl sites for hydroxylation is 3. The maximum absolute atomic E-state index is 12.4. The average molecular weight is 292 g/mol. The van der Waals surface area contributed by atoms with Crippen molar-refractivity contribution in [2.45, 2.75) is 20.8 Å². The number of aromatic nitrogens is 3. The Morgan fingerprint density at radius 3 is 2.41 bits per heavy atom. The number of pyridine rings is 1. The van der Waals surface area contributed by atoms with Crippen molar-refractivity contribution in [3.05, 3.63) is 59.2 Å². The molecule has 0 saturated heterocycles. The summed E-state index contributed by atoms with van der Waals surface area (Å²) >= 11 is 0. The van der Waals surface area contributed by atoms with Crippen LogP contribution in [0.25, 0.3) is 11.0 Å². The van der Waals surface area contributed by atoms with Crippen LogP contribution in [0.2, 0.25) is 0 Å². The Morgan fingerprint density at radius 1 is 0.955 bits per heavy atom. The van der Waals surface area contributed by atoms with Crippen molar-refractivity contribution >= 4 is 22.6 Å². The molecular weight excluding hydrogens is 276 g/mol. The summed E-state index contributed by atoms with van der Waals surface area (Å²) < 4.78 is 0. The highest BCUT2D eigenvalue weighted by Gasteiger charge is 2.10. The van der Waals surface area contributed by atoms with E-state index in [1.54, 1.807) is 24.4 Å². The number of rotatable bonds is 2. The first-order valence-electron chi connectivity index (χ1n) is 7.02. The SMILES string of the molecule is Cc1ncccc1NC(=O)c1ccc2nc(C)c(C)nc2c1. The lowest BCUT2D eigenvalue weighted by Crippen LogP contribution is -2.13. The molecule has 0 atom stereocenters. The molecule has 0 bridgehead atoms. The molecule has 0 unspecified atom stereocenters. The molecule has 3 aromatic rings. The van der Waals surface area contributed by atoms with E-state index < -0.39 is 0 Å². The molecule has 2 heterocycles. The summed E-state index contributed by atoms with van der Waals surface area (Å²) in [5.74, 6) is -0.182. The highest BCUT2D eigenvalue weighted by Crippen LogP contribution is 2.17. The van der Waals surface area contributed by atoms with E-state index in [0.717, 1.165) is 28.1 Å². The third-order valence-electron chi connectivity index (χ3n) is 3.59. The summed E-state index contributed by atoms with van der Waals surface area (Å²) in [5.41, 5.74) is 5.31. The molecular formula is C17H16N4O. The number of benzene rings is 1. The van der Waals surface area contributed by atoms with Gasteiger partial charge in [0, 0.05) is 11.8 Å². The largest absolute Gasteiger partial charge is 0.320 e. The smallest absolute Gasteiger partial charge is 0.255 e. The van der Waals surface area contributed by atoms with Gasteiger partial charge < -0.3 is 5.32 Å². The van der Waals surface area contributed by atoms with Crippen LogP contribution < -0.4 is 5.32 Å². The fourth-order valence-corrected chi connectivity index (χ4v) is 2.18. The molecule has 0 aliphatic heterocycles. The maximum atomic E-state index is 12.4. The van der Waals surface area contributed by atoms with Gasteiger partial charge in [-0.1, -0.05) is 0 Å². The Labute approximate surface area is 128 Å². The van der Waals surface area contributed by atoms with E-state index in [4.69, 9.17) is 0 Å². The van der Waals surface area contributed by atoms with E-state index >= 15 is 0 Å². The normalized spacial score (nSPS) is 10.7. The molecule has 1 N–H and O–H groups in total. The van der Waals surface area contributed by atoms with Gasteiger partial charge in [-0.2, -0.15) is 0 Å². The molecule has 2 aromatic heterocycles. The van der Waals surface area contributed by atoms with Gasteiger partial charge >= 0.3 is 0 Å². The number of amides is 1. The van der Waals surface area contributed by atoms with Crippen LogP contribution in [0.3, 0.4) is 0 Å². The standard InChI is InChI=1S/C17H16N4O/c1-10-11(2)20-16-9-13(6-7-15(16)19-10)17(22)21-14-5-4-8-18-12(14)3/h4-9H,1-3H3,(H,21,22). The molecule has 3 rings (SSSR count). The second-order valence-corrected chi connectivity index (χ2v) is 5.19. The van der Waals surface area contributed by atoms with E-state index in [1.165, 1.54) is 0 Å². The molecule has 1 aromatic carbocycles. The first kappa shape index (κ1) is 14.1. The lowest BCUT2D eigenvalue weighted by Gasteiger charge is -2.08. The predicted octanol–water partition coefficient (Wildman–Crippen LogP) is 3.20. The predicted molar refractivity (Wildman–Crippen MR) is 85.9 cm³/mol. The molecule has 0 fully saturated rings. The lowest BCUT2D eigenvalue weighted by molar-refractivity contribution is 0.102. The zero-order valence-corrected chi connectivity index (χ0v) is 12.7. The molecule has 0 spiro atoms. The van der Waals surface area contributed by atoms with Gasteiger partial charge in [0.2, 0.25) is 0 Å². The van der Waals surface area contributed by atoms with Crippen LogP contribution >= 0.6 is 0 Å². The van der Waals surface area contributed by atoms with Crippen molar-refractivity contribution in [3.8, 4) is 0 Å². The number of hydrogen-bond donors (Lipinski definition) is 1. The molecule has 5 nitrogen and oxygen atoms in total. The number of nitrogens with zero attached hydrogens (tertiary/aromatic N) is 3. The molecule has 0 aliphatic rings. The minimum absolute atomic E-state index is 0.182. The fraction of sp³-hybridized carbons (Fsp3) is 0.176. The summed E-state index contributed by atoms with van der Waals surface area (Å²) in [7, 11) is 0. The number of fused-ring (bicyclic) bond motifs is 1. The highest BCUT2D eigenvalue weighted by molar-refractivity contribution is 6.06. The monoisotopic (exact) mass is 292 g/mol. The second-order valence-electron chi connectivity index (χ2n) is 5.19. The zero-order valence-electron chi connectivity index (χ0n) is 12.7. The van der Waals surface area contributed by atoms with E-state index in [0.29, 0.717) is 11.3 Å². The Balaban J connectivity index is 1.94. The quantitative estimate of drug-likeness (QED) is 0.787. The number of nitrogens with one attached hydrogen (secondary N) is 1. The van der Waals surface area contributed by atoms with Crippen LogP contribution in [-0.2, 0) is 0 Å². The van der Waals surface area contributed by atoms with Crippen molar-refractivity contribution in [1.82, 2.24) is 15.0 Å². The van der Waals surface area contributed by atoms with Crippen LogP contribution in [0.4, 0.5) is 5.69 Å². The van der Waals surface area contributed by atoms with Gasteiger partial charge in [-0.05, 0) is 51.1 Å². The van der Waals surface area contributed by atoms with Gasteiger partial charge in [0.15, 0.2) is 0 Å². The molecule has 5 heteroatoms. The van der Waals surface area contributed by atoms with E-state index in [1.807, 2.05) is 32.9 Å². The number of carbonyl (C=O) groups is 1. The molecule has 0 radical (unpaired) electrons. The number of hydrogen-bond acceptors (Lipinski definition) is 4. The summed E-state index contributed by atoms with van der Waals surface area (Å²) in [4.78, 5) is 25.5. The Kier molecular flexibility index (Phi) is 3.55. The molecule has 0 aliphatic carbocycles. The van der Waals surface area contributed by atoms with Gasteiger partial charge in [0.05, 0.1) is 33.8 Å². The summed E-state index contributed by atoms with van der Waals surface area (Å²) in [6.45, 7) is 5.69. The van der Waals surface area contributed by atoms with Crippen LogP contribution in [0.15, 0.2) is 36.5 Å². The van der Waals surface area contributed by atoms with Crippen LogP contribution in [0, 0.1) is 20.8 Å². The van der Waals surface area contributed by atoms with Gasteiger partial charge in [-0.15, -0.1) is 0 Å². The first-order valence-corrected chi connectivity index (χ1v) is 7.02. The third-order valence-corrected chi connectivity index (χ3v) is 3.59. The zero-order chi connectivity index (χ0) is 15.7. The summed E-state index contributed by atoms with van der Waals surface area (Å²) in [6, 6.07) is 8.96. The van der Waals surface area contributed by atoms with E-state index in [-0.39, 0.29) is 5.91 Å². The van der Waals surface area contributed by atoms with Crippen LogP contribution in [0.1, 0.15) is 27.4 Å². The average Bonchev–Trinajstić information content (AvgIpc) is 2.50. The minimum atomic E-state index is -0.182. The number of carbonyl (C=O) groups excluding carboxylic acids is 1. The van der Waals surface area contributed by atoms with Gasteiger partial charge in [-0.25, -0.2) is 9.97 Å². The molecule has 0 saturated carbocycles. The van der Waals surface area contributed by atoms with Crippen molar-refractivity contribution in [2.24, 2.45) is 0 Å². The van der Waals surface area contributed by atoms with Gasteiger partial charge in [-0.3, -0.25) is 9.78 Å². The Hall–Kier alpha value is -2.82. The topological polar surface area (TPSA) is 67.8 Å². The summed E-state index contributed by atoms with van der Waals surface area (Å²) in [6.07, 6.45) is 1.70. The van der Waals surface area contributed by atoms with Crippen LogP contribution in [-0.4, -0.2) is 20.9 Å². The maximum Gasteiger partial charge on any atom is 0.255 e. The Bertz CT molecular complexity index is 874. The molecule has 22 heavy (non-hydrogen) atoms. The van der Waals surface area contributed by atoms with E-state index in [2.05, 4.69) is 20.3 Å². The minimum Gasteiger partial charge on any atom is -0.320 e. The van der Waals surface area contributed by atoms with E-state index in [9.17, 15) is 4.79 Å². The highest BCUT2D eigenvalue weighted by atomic mass is 16.1. The van der Waals surface area contributed by atoms with Crippen molar-refractivity contribution in [2.75, 3.05) is 5.32 Å². The summed E-state index contributed by atoms with van der Waals surface area (Å²) in [5, 5.41) is 2.87. The Morgan fingerprint density at radius 2 is 1.68 bits per heavy atom. The number of anilines is 1. The van der Waals surface area contributed by atoms with Crippen molar-refractivity contribution in [1.29, 1.82) is 0 Å². The van der Waals surface area contributed by atoms with Gasteiger partial charge in [0.1, 0.15) is 0 Å². The van der Waals surface area contributed by atoms with Gasteiger partial charge in [0.25, 0.3) is 5.91 Å².